The quantitative estimate of drug-likeness (QED) is 0.614. The van der Waals surface area contributed by atoms with Crippen LogP contribution >= 0.6 is 0 Å². The zero-order chi connectivity index (χ0) is 23.0. The molecule has 1 unspecified atom stereocenters. The zero-order valence-electron chi connectivity index (χ0n) is 19.7. The molecule has 0 aromatic heterocycles. The van der Waals surface area contributed by atoms with Crippen LogP contribution in [0.1, 0.15) is 49.4 Å². The highest BCUT2D eigenvalue weighted by Crippen LogP contribution is 2.19. The van der Waals surface area contributed by atoms with Crippen molar-refractivity contribution in [1.29, 1.82) is 0 Å². The average Bonchev–Trinajstić information content (AvgIpc) is 2.75. The molecule has 2 amide bonds. The maximum atomic E-state index is 13.5. The summed E-state index contributed by atoms with van der Waals surface area (Å²) in [6.07, 6.45) is 0.830. The Morgan fingerprint density at radius 3 is 2.32 bits per heavy atom. The Labute approximate surface area is 186 Å². The van der Waals surface area contributed by atoms with Gasteiger partial charge in [0.25, 0.3) is 0 Å². The second-order valence-corrected chi connectivity index (χ2v) is 8.54. The van der Waals surface area contributed by atoms with Gasteiger partial charge in [-0.2, -0.15) is 0 Å². The molecule has 168 valence electrons. The lowest BCUT2D eigenvalue weighted by atomic mass is 10.0. The van der Waals surface area contributed by atoms with E-state index < -0.39 is 6.04 Å². The summed E-state index contributed by atoms with van der Waals surface area (Å²) in [7, 11) is 1.63. The van der Waals surface area contributed by atoms with Crippen LogP contribution in [0, 0.1) is 19.8 Å². The van der Waals surface area contributed by atoms with E-state index in [9.17, 15) is 9.59 Å². The summed E-state index contributed by atoms with van der Waals surface area (Å²) in [5.74, 6) is 0.968. The first-order chi connectivity index (χ1) is 14.7. The predicted molar refractivity (Wildman–Crippen MR) is 125 cm³/mol. The van der Waals surface area contributed by atoms with Crippen molar-refractivity contribution in [2.75, 3.05) is 13.7 Å². The topological polar surface area (TPSA) is 58.6 Å². The number of nitrogens with zero attached hydrogens (tertiary/aromatic N) is 1. The first-order valence-electron chi connectivity index (χ1n) is 11.0. The van der Waals surface area contributed by atoms with Crippen LogP contribution in [0.15, 0.2) is 42.5 Å². The number of benzene rings is 2. The van der Waals surface area contributed by atoms with Gasteiger partial charge in [-0.3, -0.25) is 9.59 Å². The van der Waals surface area contributed by atoms with Crippen LogP contribution < -0.4 is 10.1 Å². The van der Waals surface area contributed by atoms with E-state index in [1.165, 1.54) is 0 Å². The Morgan fingerprint density at radius 1 is 1.06 bits per heavy atom. The molecule has 0 aliphatic rings. The number of aryl methyl sites for hydroxylation is 2. The van der Waals surface area contributed by atoms with Crippen molar-refractivity contribution in [3.8, 4) is 5.75 Å². The molecule has 0 bridgehead atoms. The SMILES string of the molecule is CCC(C(=O)NCC(C)C)N(Cc1ccc(OC)cc1)C(=O)Cc1cc(C)ccc1C. The minimum Gasteiger partial charge on any atom is -0.497 e. The molecule has 0 saturated carbocycles. The highest BCUT2D eigenvalue weighted by Gasteiger charge is 2.29. The zero-order valence-corrected chi connectivity index (χ0v) is 19.7. The van der Waals surface area contributed by atoms with Gasteiger partial charge in [0.1, 0.15) is 11.8 Å². The van der Waals surface area contributed by atoms with E-state index in [0.29, 0.717) is 25.4 Å². The van der Waals surface area contributed by atoms with Gasteiger partial charge in [-0.15, -0.1) is 0 Å². The molecular weight excluding hydrogens is 388 g/mol. The molecule has 0 radical (unpaired) electrons. The number of carbonyl (C=O) groups excluding carboxylic acids is 2. The Kier molecular flexibility index (Phi) is 9.10. The molecule has 5 nitrogen and oxygen atoms in total. The summed E-state index contributed by atoms with van der Waals surface area (Å²) in [4.78, 5) is 28.2. The van der Waals surface area contributed by atoms with Gasteiger partial charge in [0.15, 0.2) is 0 Å². The molecule has 0 aliphatic carbocycles. The molecule has 0 heterocycles. The van der Waals surface area contributed by atoms with E-state index in [4.69, 9.17) is 4.74 Å². The number of methoxy groups -OCH3 is 1. The van der Waals surface area contributed by atoms with E-state index >= 15 is 0 Å². The fourth-order valence-corrected chi connectivity index (χ4v) is 3.52. The van der Waals surface area contributed by atoms with Crippen LogP contribution in [0.5, 0.6) is 5.75 Å². The monoisotopic (exact) mass is 424 g/mol. The lowest BCUT2D eigenvalue weighted by molar-refractivity contribution is -0.141. The first-order valence-corrected chi connectivity index (χ1v) is 11.0. The van der Waals surface area contributed by atoms with Gasteiger partial charge >= 0.3 is 0 Å². The second-order valence-electron chi connectivity index (χ2n) is 8.54. The largest absolute Gasteiger partial charge is 0.497 e. The number of amides is 2. The Bertz CT molecular complexity index is 875. The van der Waals surface area contributed by atoms with Gasteiger partial charge in [0.05, 0.1) is 13.5 Å². The van der Waals surface area contributed by atoms with Gasteiger partial charge in [0.2, 0.25) is 11.8 Å². The third kappa shape index (κ3) is 7.12. The highest BCUT2D eigenvalue weighted by atomic mass is 16.5. The smallest absolute Gasteiger partial charge is 0.242 e. The molecular formula is C26H36N2O3. The summed E-state index contributed by atoms with van der Waals surface area (Å²) >= 11 is 0. The van der Waals surface area contributed by atoms with Crippen LogP contribution in [0.25, 0.3) is 0 Å². The van der Waals surface area contributed by atoms with Gasteiger partial charge in [-0.25, -0.2) is 0 Å². The van der Waals surface area contributed by atoms with E-state index in [1.54, 1.807) is 12.0 Å². The van der Waals surface area contributed by atoms with Crippen LogP contribution in [0.2, 0.25) is 0 Å². The maximum absolute atomic E-state index is 13.5. The van der Waals surface area contributed by atoms with Crippen molar-refractivity contribution in [3.63, 3.8) is 0 Å². The van der Waals surface area contributed by atoms with Crippen LogP contribution in [0.3, 0.4) is 0 Å². The number of hydrogen-bond acceptors (Lipinski definition) is 3. The van der Waals surface area contributed by atoms with E-state index in [0.717, 1.165) is 28.0 Å². The fourth-order valence-electron chi connectivity index (χ4n) is 3.52. The van der Waals surface area contributed by atoms with E-state index in [-0.39, 0.29) is 18.2 Å². The van der Waals surface area contributed by atoms with Gasteiger partial charge in [0, 0.05) is 13.1 Å². The third-order valence-electron chi connectivity index (χ3n) is 5.43. The minimum absolute atomic E-state index is 0.0453. The van der Waals surface area contributed by atoms with Crippen LogP contribution in [-0.2, 0) is 22.6 Å². The van der Waals surface area contributed by atoms with E-state index in [1.807, 2.05) is 57.2 Å². The molecule has 2 aromatic rings. The summed E-state index contributed by atoms with van der Waals surface area (Å²) in [5.41, 5.74) is 4.17. The van der Waals surface area contributed by atoms with Crippen molar-refractivity contribution < 1.29 is 14.3 Å². The van der Waals surface area contributed by atoms with Crippen LogP contribution in [0.4, 0.5) is 0 Å². The maximum Gasteiger partial charge on any atom is 0.242 e. The lowest BCUT2D eigenvalue weighted by Crippen LogP contribution is -2.50. The van der Waals surface area contributed by atoms with Crippen molar-refractivity contribution in [1.82, 2.24) is 10.2 Å². The number of nitrogens with one attached hydrogen (secondary N) is 1. The molecule has 0 fully saturated rings. The van der Waals surface area contributed by atoms with Gasteiger partial charge < -0.3 is 15.0 Å². The number of ether oxygens (including phenoxy) is 1. The molecule has 5 heteroatoms. The van der Waals surface area contributed by atoms with Crippen molar-refractivity contribution >= 4 is 11.8 Å². The molecule has 1 N–H and O–H groups in total. The summed E-state index contributed by atoms with van der Waals surface area (Å²) in [5, 5.41) is 3.00. The van der Waals surface area contributed by atoms with E-state index in [2.05, 4.69) is 25.2 Å². The first kappa shape index (κ1) is 24.4. The minimum atomic E-state index is -0.515. The number of carbonyl (C=O) groups is 2. The molecule has 0 spiro atoms. The second kappa shape index (κ2) is 11.5. The molecule has 0 saturated heterocycles. The Balaban J connectivity index is 2.30. The molecule has 0 aliphatic heterocycles. The van der Waals surface area contributed by atoms with Crippen LogP contribution in [-0.4, -0.2) is 36.4 Å². The third-order valence-corrected chi connectivity index (χ3v) is 5.43. The summed E-state index contributed by atoms with van der Waals surface area (Å²) < 4.78 is 5.24. The molecule has 2 aromatic carbocycles. The standard InChI is InChI=1S/C26H36N2O3/c1-7-24(26(30)27-16-18(2)3)28(17-21-10-12-23(31-6)13-11-21)25(29)15-22-14-19(4)8-9-20(22)5/h8-14,18,24H,7,15-17H2,1-6H3,(H,27,30). The molecule has 2 rings (SSSR count). The average molecular weight is 425 g/mol. The molecule has 31 heavy (non-hydrogen) atoms. The summed E-state index contributed by atoms with van der Waals surface area (Å²) in [6.45, 7) is 11.1. The van der Waals surface area contributed by atoms with Crippen molar-refractivity contribution in [3.05, 3.63) is 64.7 Å². The Hall–Kier alpha value is -2.82. The van der Waals surface area contributed by atoms with Gasteiger partial charge in [-0.1, -0.05) is 56.7 Å². The number of rotatable bonds is 10. The lowest BCUT2D eigenvalue weighted by Gasteiger charge is -2.31. The number of hydrogen-bond donors (Lipinski definition) is 1. The summed E-state index contributed by atoms with van der Waals surface area (Å²) in [6, 6.07) is 13.3. The highest BCUT2D eigenvalue weighted by molar-refractivity contribution is 5.88. The van der Waals surface area contributed by atoms with Crippen molar-refractivity contribution in [2.45, 2.75) is 60.0 Å². The Morgan fingerprint density at radius 2 is 1.74 bits per heavy atom. The van der Waals surface area contributed by atoms with Gasteiger partial charge in [-0.05, 0) is 55.0 Å². The fraction of sp³-hybridized carbons (Fsp3) is 0.462. The normalized spacial score (nSPS) is 11.8. The molecule has 1 atom stereocenters. The van der Waals surface area contributed by atoms with Crippen molar-refractivity contribution in [2.24, 2.45) is 5.92 Å². The predicted octanol–water partition coefficient (Wildman–Crippen LogP) is 4.43.